The van der Waals surface area contributed by atoms with Crippen molar-refractivity contribution in [2.75, 3.05) is 32.7 Å². The number of rotatable bonds is 3. The summed E-state index contributed by atoms with van der Waals surface area (Å²) < 4.78 is 29.0. The van der Waals surface area contributed by atoms with Crippen molar-refractivity contribution in [3.63, 3.8) is 0 Å². The largest absolute Gasteiger partial charge is 0.316 e. The van der Waals surface area contributed by atoms with Crippen LogP contribution < -0.4 is 5.32 Å². The summed E-state index contributed by atoms with van der Waals surface area (Å²) in [7, 11) is -3.20. The van der Waals surface area contributed by atoms with Crippen LogP contribution in [0, 0.1) is 5.92 Å². The summed E-state index contributed by atoms with van der Waals surface area (Å²) in [5, 5.41) is 3.42. The molecule has 3 aliphatic rings. The Morgan fingerprint density at radius 3 is 2.42 bits per heavy atom. The molecule has 6 heteroatoms. The molecular weight excluding hydrogens is 262 g/mol. The lowest BCUT2D eigenvalue weighted by molar-refractivity contribution is 0.229. The van der Waals surface area contributed by atoms with E-state index in [2.05, 4.69) is 5.32 Å². The Kier molecular flexibility index (Phi) is 4.12. The molecule has 3 saturated heterocycles. The highest BCUT2D eigenvalue weighted by molar-refractivity contribution is 7.86. The minimum Gasteiger partial charge on any atom is -0.316 e. The van der Waals surface area contributed by atoms with Gasteiger partial charge < -0.3 is 5.32 Å². The molecule has 3 heterocycles. The van der Waals surface area contributed by atoms with E-state index in [-0.39, 0.29) is 6.04 Å². The van der Waals surface area contributed by atoms with Crippen LogP contribution in [0.2, 0.25) is 0 Å². The van der Waals surface area contributed by atoms with Crippen LogP contribution in [-0.2, 0) is 10.2 Å². The predicted octanol–water partition coefficient (Wildman–Crippen LogP) is 0.791. The molecule has 5 nitrogen and oxygen atoms in total. The normalized spacial score (nSPS) is 34.9. The second kappa shape index (κ2) is 5.68. The first kappa shape index (κ1) is 13.8. The summed E-state index contributed by atoms with van der Waals surface area (Å²) in [4.78, 5) is 0. The van der Waals surface area contributed by atoms with E-state index in [1.54, 1.807) is 4.31 Å². The zero-order valence-corrected chi connectivity index (χ0v) is 12.4. The Balaban J connectivity index is 1.74. The van der Waals surface area contributed by atoms with Gasteiger partial charge in [-0.1, -0.05) is 0 Å². The van der Waals surface area contributed by atoms with Crippen molar-refractivity contribution in [3.8, 4) is 0 Å². The topological polar surface area (TPSA) is 52.7 Å². The number of hydrogen-bond donors (Lipinski definition) is 1. The van der Waals surface area contributed by atoms with Gasteiger partial charge in [-0.15, -0.1) is 0 Å². The quantitative estimate of drug-likeness (QED) is 0.835. The zero-order valence-electron chi connectivity index (χ0n) is 11.6. The number of hydrogen-bond acceptors (Lipinski definition) is 3. The van der Waals surface area contributed by atoms with Crippen molar-refractivity contribution in [2.24, 2.45) is 5.92 Å². The van der Waals surface area contributed by atoms with Crippen LogP contribution in [0.1, 0.15) is 38.5 Å². The monoisotopic (exact) mass is 287 g/mol. The van der Waals surface area contributed by atoms with Crippen molar-refractivity contribution < 1.29 is 8.42 Å². The third kappa shape index (κ3) is 2.68. The summed E-state index contributed by atoms with van der Waals surface area (Å²) in [6.45, 7) is 4.22. The molecule has 0 spiro atoms. The maximum absolute atomic E-state index is 12.7. The van der Waals surface area contributed by atoms with Gasteiger partial charge in [-0.3, -0.25) is 0 Å². The average Bonchev–Trinajstić information content (AvgIpc) is 3.11. The van der Waals surface area contributed by atoms with Gasteiger partial charge in [0.1, 0.15) is 0 Å². The highest BCUT2D eigenvalue weighted by Gasteiger charge is 2.42. The molecule has 3 rings (SSSR count). The Hall–Kier alpha value is -0.170. The van der Waals surface area contributed by atoms with Gasteiger partial charge >= 0.3 is 0 Å². The second-order valence-electron chi connectivity index (χ2n) is 6.04. The van der Waals surface area contributed by atoms with Gasteiger partial charge in [0.2, 0.25) is 0 Å². The molecule has 2 atom stereocenters. The summed E-state index contributed by atoms with van der Waals surface area (Å²) in [6.07, 6.45) is 6.45. The summed E-state index contributed by atoms with van der Waals surface area (Å²) in [5.41, 5.74) is 0. The molecule has 1 N–H and O–H groups in total. The van der Waals surface area contributed by atoms with Gasteiger partial charge in [0.05, 0.1) is 0 Å². The summed E-state index contributed by atoms with van der Waals surface area (Å²) in [5.74, 6) is 0.508. The molecule has 0 aromatic rings. The van der Waals surface area contributed by atoms with Gasteiger partial charge in [0, 0.05) is 25.7 Å². The molecule has 0 aliphatic carbocycles. The number of piperidine rings is 1. The Morgan fingerprint density at radius 1 is 0.947 bits per heavy atom. The lowest BCUT2D eigenvalue weighted by Gasteiger charge is -2.35. The van der Waals surface area contributed by atoms with Crippen LogP contribution in [-0.4, -0.2) is 55.8 Å². The lowest BCUT2D eigenvalue weighted by atomic mass is 9.91. The van der Waals surface area contributed by atoms with Gasteiger partial charge in [0.15, 0.2) is 0 Å². The first-order valence-electron chi connectivity index (χ1n) is 7.67. The molecule has 0 radical (unpaired) electrons. The van der Waals surface area contributed by atoms with Crippen LogP contribution in [0.3, 0.4) is 0 Å². The fourth-order valence-corrected chi connectivity index (χ4v) is 5.79. The lowest BCUT2D eigenvalue weighted by Crippen LogP contribution is -2.49. The SMILES string of the molecule is O=S(=O)(N1CCCC1)N1CCCC1C1CCCNC1. The second-order valence-corrected chi connectivity index (χ2v) is 7.92. The molecule has 0 saturated carbocycles. The van der Waals surface area contributed by atoms with E-state index in [0.717, 1.165) is 45.3 Å². The maximum atomic E-state index is 12.7. The summed E-state index contributed by atoms with van der Waals surface area (Å²) >= 11 is 0. The van der Waals surface area contributed by atoms with E-state index in [4.69, 9.17) is 0 Å². The first-order valence-corrected chi connectivity index (χ1v) is 9.07. The fourth-order valence-electron chi connectivity index (χ4n) is 3.80. The Bertz CT molecular complexity index is 400. The minimum absolute atomic E-state index is 0.235. The molecule has 3 fully saturated rings. The summed E-state index contributed by atoms with van der Waals surface area (Å²) in [6, 6.07) is 0.235. The maximum Gasteiger partial charge on any atom is 0.282 e. The average molecular weight is 287 g/mol. The molecular formula is C13H25N3O2S. The molecule has 0 bridgehead atoms. The van der Waals surface area contributed by atoms with Gasteiger partial charge in [0.25, 0.3) is 10.2 Å². The van der Waals surface area contributed by atoms with E-state index < -0.39 is 10.2 Å². The molecule has 3 aliphatic heterocycles. The van der Waals surface area contributed by atoms with E-state index in [1.807, 2.05) is 4.31 Å². The van der Waals surface area contributed by atoms with Crippen molar-refractivity contribution in [3.05, 3.63) is 0 Å². The van der Waals surface area contributed by atoms with E-state index in [9.17, 15) is 8.42 Å². The van der Waals surface area contributed by atoms with Gasteiger partial charge in [-0.2, -0.15) is 17.0 Å². The molecule has 0 aromatic heterocycles. The Morgan fingerprint density at radius 2 is 1.74 bits per heavy atom. The van der Waals surface area contributed by atoms with Crippen LogP contribution in [0.5, 0.6) is 0 Å². The van der Waals surface area contributed by atoms with Crippen molar-refractivity contribution in [1.82, 2.24) is 13.9 Å². The van der Waals surface area contributed by atoms with Crippen molar-refractivity contribution in [2.45, 2.75) is 44.6 Å². The first-order chi connectivity index (χ1) is 9.19. The Labute approximate surface area is 116 Å². The van der Waals surface area contributed by atoms with E-state index >= 15 is 0 Å². The van der Waals surface area contributed by atoms with Crippen LogP contribution in [0.4, 0.5) is 0 Å². The van der Waals surface area contributed by atoms with Crippen molar-refractivity contribution in [1.29, 1.82) is 0 Å². The fraction of sp³-hybridized carbons (Fsp3) is 1.00. The third-order valence-electron chi connectivity index (χ3n) is 4.82. The number of nitrogens with zero attached hydrogens (tertiary/aromatic N) is 2. The predicted molar refractivity (Wildman–Crippen MR) is 75.0 cm³/mol. The molecule has 0 amide bonds. The smallest absolute Gasteiger partial charge is 0.282 e. The molecule has 19 heavy (non-hydrogen) atoms. The van der Waals surface area contributed by atoms with E-state index in [1.165, 1.54) is 12.8 Å². The van der Waals surface area contributed by atoms with Crippen LogP contribution >= 0.6 is 0 Å². The molecule has 0 aromatic carbocycles. The highest BCUT2D eigenvalue weighted by atomic mass is 32.2. The highest BCUT2D eigenvalue weighted by Crippen LogP contribution is 2.32. The van der Waals surface area contributed by atoms with Crippen LogP contribution in [0.15, 0.2) is 0 Å². The molecule has 2 unspecified atom stereocenters. The molecule has 110 valence electrons. The standard InChI is InChI=1S/C13H25N3O2S/c17-19(18,15-8-1-2-9-15)16-10-4-6-13(16)12-5-3-7-14-11-12/h12-14H,1-11H2. The van der Waals surface area contributed by atoms with E-state index in [0.29, 0.717) is 19.0 Å². The van der Waals surface area contributed by atoms with Gasteiger partial charge in [-0.25, -0.2) is 0 Å². The van der Waals surface area contributed by atoms with Gasteiger partial charge in [-0.05, 0) is 57.5 Å². The third-order valence-corrected chi connectivity index (χ3v) is 6.88. The van der Waals surface area contributed by atoms with Crippen LogP contribution in [0.25, 0.3) is 0 Å². The van der Waals surface area contributed by atoms with Crippen molar-refractivity contribution >= 4 is 10.2 Å². The number of nitrogens with one attached hydrogen (secondary N) is 1. The zero-order chi connectivity index (χ0) is 13.3. The minimum atomic E-state index is -3.20.